The van der Waals surface area contributed by atoms with E-state index < -0.39 is 0 Å². The third-order valence-electron chi connectivity index (χ3n) is 3.06. The number of hydrogen-bond donors (Lipinski definition) is 1. The van der Waals surface area contributed by atoms with Crippen LogP contribution in [0, 0.1) is 19.7 Å². The Morgan fingerprint density at radius 1 is 1.35 bits per heavy atom. The van der Waals surface area contributed by atoms with Gasteiger partial charge < -0.3 is 5.32 Å². The molecule has 0 aliphatic rings. The zero-order valence-corrected chi connectivity index (χ0v) is 12.3. The van der Waals surface area contributed by atoms with Crippen LogP contribution in [0.2, 0.25) is 5.02 Å². The zero-order chi connectivity index (χ0) is 14.9. The molecule has 0 atom stereocenters. The number of aromatic nitrogens is 2. The van der Waals surface area contributed by atoms with Gasteiger partial charge in [0, 0.05) is 13.6 Å². The number of nitrogens with zero attached hydrogens (tertiary/aromatic N) is 2. The van der Waals surface area contributed by atoms with E-state index in [0.717, 1.165) is 5.56 Å². The highest BCUT2D eigenvalue weighted by molar-refractivity contribution is 6.32. The molecule has 106 valence electrons. The minimum Gasteiger partial charge on any atom is -0.378 e. The van der Waals surface area contributed by atoms with Gasteiger partial charge in [0.05, 0.1) is 11.9 Å². The van der Waals surface area contributed by atoms with E-state index in [4.69, 9.17) is 11.6 Å². The second-order valence-electron chi connectivity index (χ2n) is 4.70. The summed E-state index contributed by atoms with van der Waals surface area (Å²) in [6.45, 7) is 3.88. The number of benzene rings is 1. The zero-order valence-electron chi connectivity index (χ0n) is 11.5. The first-order valence-electron chi connectivity index (χ1n) is 6.11. The second-order valence-corrected chi connectivity index (χ2v) is 5.08. The Balaban J connectivity index is 2.21. The highest BCUT2D eigenvalue weighted by atomic mass is 35.5. The fourth-order valence-corrected chi connectivity index (χ4v) is 2.21. The Labute approximate surface area is 121 Å². The molecule has 0 spiro atoms. The van der Waals surface area contributed by atoms with Crippen LogP contribution in [0.15, 0.2) is 23.1 Å². The van der Waals surface area contributed by atoms with Crippen molar-refractivity contribution in [2.75, 3.05) is 5.32 Å². The molecule has 0 radical (unpaired) electrons. The predicted molar refractivity (Wildman–Crippen MR) is 77.7 cm³/mol. The molecule has 0 bridgehead atoms. The lowest BCUT2D eigenvalue weighted by atomic mass is 10.1. The molecule has 0 aliphatic carbocycles. The van der Waals surface area contributed by atoms with Gasteiger partial charge in [0.1, 0.15) is 10.8 Å². The van der Waals surface area contributed by atoms with Crippen molar-refractivity contribution < 1.29 is 4.39 Å². The molecule has 1 heterocycles. The van der Waals surface area contributed by atoms with Crippen molar-refractivity contribution in [3.63, 3.8) is 0 Å². The standard InChI is InChI=1S/C14H15ClFN3O/c1-8-4-10(5-9(2)13(8)16)6-17-11-7-18-19(3)14(20)12(11)15/h4-5,7,17H,6H2,1-3H3. The average Bonchev–Trinajstić information content (AvgIpc) is 2.41. The first-order chi connectivity index (χ1) is 9.40. The maximum Gasteiger partial charge on any atom is 0.287 e. The van der Waals surface area contributed by atoms with Crippen LogP contribution in [-0.2, 0) is 13.6 Å². The summed E-state index contributed by atoms with van der Waals surface area (Å²) in [4.78, 5) is 11.6. The Hall–Kier alpha value is -1.88. The van der Waals surface area contributed by atoms with Crippen LogP contribution in [0.3, 0.4) is 0 Å². The van der Waals surface area contributed by atoms with Gasteiger partial charge in [-0.1, -0.05) is 23.7 Å². The first-order valence-corrected chi connectivity index (χ1v) is 6.49. The molecule has 6 heteroatoms. The first kappa shape index (κ1) is 14.5. The summed E-state index contributed by atoms with van der Waals surface area (Å²) < 4.78 is 14.7. The molecule has 0 unspecified atom stereocenters. The van der Waals surface area contributed by atoms with Gasteiger partial charge in [-0.2, -0.15) is 5.10 Å². The molecule has 0 saturated heterocycles. The number of hydrogen-bond acceptors (Lipinski definition) is 3. The third-order valence-corrected chi connectivity index (χ3v) is 3.42. The normalized spacial score (nSPS) is 10.7. The average molecular weight is 296 g/mol. The Morgan fingerprint density at radius 2 is 1.95 bits per heavy atom. The molecule has 20 heavy (non-hydrogen) atoms. The maximum absolute atomic E-state index is 13.5. The molecule has 4 nitrogen and oxygen atoms in total. The van der Waals surface area contributed by atoms with Crippen molar-refractivity contribution in [2.24, 2.45) is 7.05 Å². The van der Waals surface area contributed by atoms with Crippen LogP contribution in [0.1, 0.15) is 16.7 Å². The topological polar surface area (TPSA) is 46.9 Å². The molecular formula is C14H15ClFN3O. The largest absolute Gasteiger partial charge is 0.378 e. The fraction of sp³-hybridized carbons (Fsp3) is 0.286. The highest BCUT2D eigenvalue weighted by Gasteiger charge is 2.08. The van der Waals surface area contributed by atoms with E-state index in [0.29, 0.717) is 23.4 Å². The Morgan fingerprint density at radius 3 is 2.55 bits per heavy atom. The molecule has 1 N–H and O–H groups in total. The van der Waals surface area contributed by atoms with Crippen LogP contribution in [0.4, 0.5) is 10.1 Å². The fourth-order valence-electron chi connectivity index (χ4n) is 1.97. The number of nitrogens with one attached hydrogen (secondary N) is 1. The molecule has 0 amide bonds. The quantitative estimate of drug-likeness (QED) is 0.947. The molecule has 2 aromatic rings. The lowest BCUT2D eigenvalue weighted by Gasteiger charge is -2.10. The monoisotopic (exact) mass is 295 g/mol. The van der Waals surface area contributed by atoms with Crippen molar-refractivity contribution in [1.82, 2.24) is 9.78 Å². The highest BCUT2D eigenvalue weighted by Crippen LogP contribution is 2.18. The van der Waals surface area contributed by atoms with E-state index in [1.54, 1.807) is 26.0 Å². The SMILES string of the molecule is Cc1cc(CNc2cnn(C)c(=O)c2Cl)cc(C)c1F. The number of rotatable bonds is 3. The molecule has 0 fully saturated rings. The van der Waals surface area contributed by atoms with E-state index in [1.807, 2.05) is 0 Å². The second kappa shape index (κ2) is 5.63. The van der Waals surface area contributed by atoms with Gasteiger partial charge in [0.2, 0.25) is 0 Å². The van der Waals surface area contributed by atoms with Gasteiger partial charge in [-0.25, -0.2) is 9.07 Å². The third kappa shape index (κ3) is 2.82. The van der Waals surface area contributed by atoms with Crippen LogP contribution < -0.4 is 10.9 Å². The van der Waals surface area contributed by atoms with Crippen LogP contribution >= 0.6 is 11.6 Å². The molecule has 0 aliphatic heterocycles. The summed E-state index contributed by atoms with van der Waals surface area (Å²) in [5.41, 5.74) is 2.21. The van der Waals surface area contributed by atoms with Crippen molar-refractivity contribution in [2.45, 2.75) is 20.4 Å². The van der Waals surface area contributed by atoms with Crippen LogP contribution in [0.25, 0.3) is 0 Å². The van der Waals surface area contributed by atoms with Crippen LogP contribution in [0.5, 0.6) is 0 Å². The summed E-state index contributed by atoms with van der Waals surface area (Å²) >= 11 is 5.96. The number of anilines is 1. The lowest BCUT2D eigenvalue weighted by Crippen LogP contribution is -2.21. The van der Waals surface area contributed by atoms with E-state index in [2.05, 4.69) is 10.4 Å². The smallest absolute Gasteiger partial charge is 0.287 e. The van der Waals surface area contributed by atoms with E-state index in [1.165, 1.54) is 17.9 Å². The van der Waals surface area contributed by atoms with Gasteiger partial charge >= 0.3 is 0 Å². The minimum absolute atomic E-state index is 0.0954. The molecular weight excluding hydrogens is 281 g/mol. The van der Waals surface area contributed by atoms with Crippen molar-refractivity contribution in [3.8, 4) is 0 Å². The van der Waals surface area contributed by atoms with Gasteiger partial charge in [-0.05, 0) is 30.5 Å². The maximum atomic E-state index is 13.5. The van der Waals surface area contributed by atoms with E-state index in [9.17, 15) is 9.18 Å². The molecule has 0 saturated carbocycles. The summed E-state index contributed by atoms with van der Waals surface area (Å²) in [5.74, 6) is -0.193. The van der Waals surface area contributed by atoms with Crippen molar-refractivity contribution in [1.29, 1.82) is 0 Å². The number of halogens is 2. The summed E-state index contributed by atoms with van der Waals surface area (Å²) in [5, 5.41) is 7.03. The van der Waals surface area contributed by atoms with Gasteiger partial charge in [0.25, 0.3) is 5.56 Å². The number of aryl methyl sites for hydroxylation is 3. The minimum atomic E-state index is -0.358. The van der Waals surface area contributed by atoms with Crippen molar-refractivity contribution >= 4 is 17.3 Å². The van der Waals surface area contributed by atoms with Gasteiger partial charge in [0.15, 0.2) is 0 Å². The van der Waals surface area contributed by atoms with Crippen molar-refractivity contribution in [3.05, 3.63) is 56.2 Å². The summed E-state index contributed by atoms with van der Waals surface area (Å²) in [6, 6.07) is 3.52. The summed E-state index contributed by atoms with van der Waals surface area (Å²) in [7, 11) is 1.53. The summed E-state index contributed by atoms with van der Waals surface area (Å²) in [6.07, 6.45) is 1.49. The van der Waals surface area contributed by atoms with Crippen LogP contribution in [-0.4, -0.2) is 9.78 Å². The van der Waals surface area contributed by atoms with Gasteiger partial charge in [-0.3, -0.25) is 4.79 Å². The molecule has 1 aromatic carbocycles. The Kier molecular flexibility index (Phi) is 4.09. The lowest BCUT2D eigenvalue weighted by molar-refractivity contribution is 0.608. The predicted octanol–water partition coefficient (Wildman–Crippen LogP) is 2.80. The van der Waals surface area contributed by atoms with E-state index >= 15 is 0 Å². The molecule has 1 aromatic heterocycles. The molecule has 2 rings (SSSR count). The Bertz CT molecular complexity index is 689. The van der Waals surface area contributed by atoms with E-state index in [-0.39, 0.29) is 16.4 Å². The van der Waals surface area contributed by atoms with Gasteiger partial charge in [-0.15, -0.1) is 0 Å².